The van der Waals surface area contributed by atoms with Gasteiger partial charge in [-0.2, -0.15) is 0 Å². The predicted molar refractivity (Wildman–Crippen MR) is 115 cm³/mol. The van der Waals surface area contributed by atoms with Gasteiger partial charge in [0.1, 0.15) is 0 Å². The molecule has 2 saturated carbocycles. The molecule has 0 aromatic rings. The highest BCUT2D eigenvalue weighted by Gasteiger charge is 2.45. The first kappa shape index (κ1) is 22.8. The summed E-state index contributed by atoms with van der Waals surface area (Å²) in [5.41, 5.74) is 0. The van der Waals surface area contributed by atoms with Crippen LogP contribution in [0, 0.1) is 35.5 Å². The average Bonchev–Trinajstić information content (AvgIpc) is 3.37. The second-order valence-electron chi connectivity index (χ2n) is 10.7. The van der Waals surface area contributed by atoms with Crippen molar-refractivity contribution in [1.29, 1.82) is 0 Å². The maximum Gasteiger partial charge on any atom is 0.333 e. The minimum Gasteiger partial charge on any atom is -0.372 e. The van der Waals surface area contributed by atoms with Gasteiger partial charge in [0, 0.05) is 0 Å². The van der Waals surface area contributed by atoms with Crippen molar-refractivity contribution in [3.63, 3.8) is 0 Å². The van der Waals surface area contributed by atoms with E-state index in [4.69, 9.17) is 13.8 Å². The molecular formula is C23H43O4P. The van der Waals surface area contributed by atoms with Crippen LogP contribution < -0.4 is 0 Å². The molecule has 0 radical (unpaired) electrons. The highest BCUT2D eigenvalue weighted by molar-refractivity contribution is 7.54. The molecule has 0 aromatic heterocycles. The van der Waals surface area contributed by atoms with Crippen molar-refractivity contribution in [2.75, 3.05) is 12.8 Å². The van der Waals surface area contributed by atoms with Gasteiger partial charge in [-0.3, -0.25) is 4.57 Å². The zero-order valence-electron chi connectivity index (χ0n) is 18.9. The third-order valence-corrected chi connectivity index (χ3v) is 9.38. The Morgan fingerprint density at radius 1 is 0.857 bits per heavy atom. The summed E-state index contributed by atoms with van der Waals surface area (Å²) in [5.74, 6) is 3.29. The van der Waals surface area contributed by atoms with Gasteiger partial charge in [0.25, 0.3) is 0 Å². The zero-order chi connectivity index (χ0) is 20.5. The van der Waals surface area contributed by atoms with Crippen LogP contribution in [0.4, 0.5) is 0 Å². The summed E-state index contributed by atoms with van der Waals surface area (Å²) in [5, 5.41) is 0. The molecule has 164 valence electrons. The lowest BCUT2D eigenvalue weighted by Gasteiger charge is -2.41. The van der Waals surface area contributed by atoms with Crippen LogP contribution in [-0.4, -0.2) is 31.1 Å². The number of epoxide rings is 1. The fraction of sp³-hybridized carbons (Fsp3) is 1.00. The van der Waals surface area contributed by atoms with Gasteiger partial charge in [-0.15, -0.1) is 0 Å². The van der Waals surface area contributed by atoms with Gasteiger partial charge < -0.3 is 13.8 Å². The third-order valence-electron chi connectivity index (χ3n) is 7.34. The Labute approximate surface area is 173 Å². The maximum atomic E-state index is 14.0. The molecule has 0 bridgehead atoms. The first-order chi connectivity index (χ1) is 13.2. The average molecular weight is 415 g/mol. The molecule has 7 atom stereocenters. The Bertz CT molecular complexity index is 507. The maximum absolute atomic E-state index is 14.0. The lowest BCUT2D eigenvalue weighted by molar-refractivity contribution is -0.00372. The highest BCUT2D eigenvalue weighted by atomic mass is 31.2. The fourth-order valence-electron chi connectivity index (χ4n) is 5.42. The smallest absolute Gasteiger partial charge is 0.333 e. The van der Waals surface area contributed by atoms with Gasteiger partial charge >= 0.3 is 7.60 Å². The molecular weight excluding hydrogens is 371 g/mol. The molecule has 2 aliphatic carbocycles. The van der Waals surface area contributed by atoms with Gasteiger partial charge in [0.2, 0.25) is 0 Å². The normalized spacial score (nSPS) is 39.5. The Balaban J connectivity index is 1.76. The van der Waals surface area contributed by atoms with Gasteiger partial charge in [-0.1, -0.05) is 54.4 Å². The summed E-state index contributed by atoms with van der Waals surface area (Å²) in [6.07, 6.45) is 7.40. The van der Waals surface area contributed by atoms with Gasteiger partial charge in [0.15, 0.2) is 0 Å². The second-order valence-corrected chi connectivity index (χ2v) is 12.7. The van der Waals surface area contributed by atoms with Crippen molar-refractivity contribution in [2.24, 2.45) is 35.5 Å². The minimum atomic E-state index is -3.18. The van der Waals surface area contributed by atoms with E-state index in [2.05, 4.69) is 41.5 Å². The van der Waals surface area contributed by atoms with Gasteiger partial charge in [-0.25, -0.2) is 0 Å². The molecule has 0 N–H and O–H groups in total. The van der Waals surface area contributed by atoms with Crippen LogP contribution in [0.25, 0.3) is 0 Å². The Kier molecular flexibility index (Phi) is 7.73. The van der Waals surface area contributed by atoms with Crippen molar-refractivity contribution in [1.82, 2.24) is 0 Å². The summed E-state index contributed by atoms with van der Waals surface area (Å²) >= 11 is 0. The summed E-state index contributed by atoms with van der Waals surface area (Å²) in [4.78, 5) is 0. The molecule has 3 aliphatic rings. The topological polar surface area (TPSA) is 48.1 Å². The SMILES string of the molecule is CC(C)[C@@H]1CC[C@@H](C)C[C@H]1OP(=O)(C[C@@H]1CO1)O[C@@H]1C[C@H](C)CC[C@H]1C(C)C. The molecule has 0 aromatic carbocycles. The summed E-state index contributed by atoms with van der Waals surface area (Å²) < 4.78 is 32.5. The number of rotatable bonds is 8. The molecule has 1 aliphatic heterocycles. The summed E-state index contributed by atoms with van der Waals surface area (Å²) in [6, 6.07) is 0. The highest BCUT2D eigenvalue weighted by Crippen LogP contribution is 2.57. The van der Waals surface area contributed by atoms with Gasteiger partial charge in [0.05, 0.1) is 31.1 Å². The molecule has 3 rings (SSSR count). The van der Waals surface area contributed by atoms with Crippen LogP contribution in [0.15, 0.2) is 0 Å². The molecule has 1 saturated heterocycles. The molecule has 28 heavy (non-hydrogen) atoms. The van der Waals surface area contributed by atoms with E-state index >= 15 is 0 Å². The third kappa shape index (κ3) is 6.06. The molecule has 4 nitrogen and oxygen atoms in total. The first-order valence-electron chi connectivity index (χ1n) is 11.7. The van der Waals surface area contributed by atoms with Crippen LogP contribution in [0.5, 0.6) is 0 Å². The molecule has 0 amide bonds. The summed E-state index contributed by atoms with van der Waals surface area (Å²) in [6.45, 7) is 14.4. The fourth-order valence-corrected chi connectivity index (χ4v) is 7.66. The van der Waals surface area contributed by atoms with E-state index in [9.17, 15) is 4.57 Å². The molecule has 0 spiro atoms. The molecule has 3 fully saturated rings. The molecule has 5 heteroatoms. The second kappa shape index (κ2) is 9.50. The monoisotopic (exact) mass is 414 g/mol. The number of ether oxygens (including phenoxy) is 1. The lowest BCUT2D eigenvalue weighted by atomic mass is 9.75. The van der Waals surface area contributed by atoms with E-state index in [1.54, 1.807) is 0 Å². The van der Waals surface area contributed by atoms with Crippen molar-refractivity contribution in [3.05, 3.63) is 0 Å². The minimum absolute atomic E-state index is 0.0480. The Hall–Kier alpha value is 0.110. The predicted octanol–water partition coefficient (Wildman–Crippen LogP) is 6.53. The molecule has 0 unspecified atom stereocenters. The van der Waals surface area contributed by atoms with Crippen LogP contribution in [0.3, 0.4) is 0 Å². The van der Waals surface area contributed by atoms with Crippen LogP contribution in [-0.2, 0) is 18.3 Å². The van der Waals surface area contributed by atoms with Crippen LogP contribution in [0.2, 0.25) is 0 Å². The van der Waals surface area contributed by atoms with Crippen molar-refractivity contribution in [3.8, 4) is 0 Å². The largest absolute Gasteiger partial charge is 0.372 e. The number of hydrogen-bond acceptors (Lipinski definition) is 4. The van der Waals surface area contributed by atoms with Crippen molar-refractivity contribution in [2.45, 2.75) is 98.4 Å². The first-order valence-corrected chi connectivity index (χ1v) is 13.5. The zero-order valence-corrected chi connectivity index (χ0v) is 19.8. The van der Waals surface area contributed by atoms with E-state index in [0.29, 0.717) is 48.3 Å². The van der Waals surface area contributed by atoms with E-state index < -0.39 is 7.60 Å². The molecule has 1 heterocycles. The standard InChI is InChI=1S/C23H43O4P/c1-15(2)20-9-7-17(5)11-22(20)26-28(24,14-19-13-25-19)27-23-12-18(6)8-10-21(23)16(3)4/h15-23H,7-14H2,1-6H3/t17-,18-,19+,20+,21+,22-,23-/m1/s1. The Morgan fingerprint density at radius 3 is 1.64 bits per heavy atom. The Morgan fingerprint density at radius 2 is 1.29 bits per heavy atom. The van der Waals surface area contributed by atoms with Crippen LogP contribution >= 0.6 is 7.60 Å². The van der Waals surface area contributed by atoms with Crippen molar-refractivity contribution >= 4 is 7.60 Å². The van der Waals surface area contributed by atoms with E-state index in [1.165, 1.54) is 25.7 Å². The van der Waals surface area contributed by atoms with E-state index in [1.807, 2.05) is 0 Å². The van der Waals surface area contributed by atoms with Gasteiger partial charge in [-0.05, 0) is 61.2 Å². The number of hydrogen-bond donors (Lipinski definition) is 0. The van der Waals surface area contributed by atoms with E-state index in [0.717, 1.165) is 12.8 Å². The lowest BCUT2D eigenvalue weighted by Crippen LogP contribution is -2.37. The van der Waals surface area contributed by atoms with Crippen molar-refractivity contribution < 1.29 is 18.3 Å². The summed E-state index contributed by atoms with van der Waals surface area (Å²) in [7, 11) is -3.18. The quantitative estimate of drug-likeness (QED) is 0.334. The van der Waals surface area contributed by atoms with E-state index in [-0.39, 0.29) is 18.3 Å². The van der Waals surface area contributed by atoms with Crippen LogP contribution in [0.1, 0.15) is 80.1 Å².